The number of hydrogen-bond acceptors (Lipinski definition) is 7. The molecule has 20 heavy (non-hydrogen) atoms. The molecule has 0 bridgehead atoms. The van der Waals surface area contributed by atoms with Crippen LogP contribution in [0.15, 0.2) is 11.2 Å². The van der Waals surface area contributed by atoms with Crippen LogP contribution >= 0.6 is 11.5 Å². The van der Waals surface area contributed by atoms with Gasteiger partial charge in [0, 0.05) is 6.07 Å². The molecule has 0 saturated heterocycles. The summed E-state index contributed by atoms with van der Waals surface area (Å²) < 4.78 is 8.95. The fourth-order valence-corrected chi connectivity index (χ4v) is 1.77. The van der Waals surface area contributed by atoms with Crippen LogP contribution in [-0.2, 0) is 14.4 Å². The van der Waals surface area contributed by atoms with Gasteiger partial charge in [0.15, 0.2) is 0 Å². The maximum atomic E-state index is 11.5. The topological polar surface area (TPSA) is 110 Å². The lowest BCUT2D eigenvalue weighted by Crippen LogP contribution is -2.27. The second-order valence-electron chi connectivity index (χ2n) is 4.63. The van der Waals surface area contributed by atoms with Crippen LogP contribution in [0.1, 0.15) is 26.5 Å². The highest BCUT2D eigenvalue weighted by molar-refractivity contribution is 7.10. The van der Waals surface area contributed by atoms with E-state index < -0.39 is 17.7 Å². The van der Waals surface area contributed by atoms with Gasteiger partial charge in [-0.15, -0.1) is 0 Å². The van der Waals surface area contributed by atoms with Crippen molar-refractivity contribution in [3.05, 3.63) is 11.8 Å². The van der Waals surface area contributed by atoms with Gasteiger partial charge in [-0.2, -0.15) is 4.37 Å². The van der Waals surface area contributed by atoms with Crippen LogP contribution in [0.3, 0.4) is 0 Å². The van der Waals surface area contributed by atoms with Gasteiger partial charge in [0.25, 0.3) is 0 Å². The Morgan fingerprint density at radius 3 is 2.60 bits per heavy atom. The quantitative estimate of drug-likeness (QED) is 0.649. The van der Waals surface area contributed by atoms with E-state index in [2.05, 4.69) is 19.7 Å². The number of nitrogens with one attached hydrogen (secondary N) is 1. The molecule has 9 heteroatoms. The monoisotopic (exact) mass is 301 g/mol. The molecule has 0 spiro atoms. The number of amides is 1. The maximum absolute atomic E-state index is 11.5. The first-order valence-electron chi connectivity index (χ1n) is 5.54. The first kappa shape index (κ1) is 15.9. The van der Waals surface area contributed by atoms with Crippen LogP contribution in [-0.4, -0.2) is 40.0 Å². The summed E-state index contributed by atoms with van der Waals surface area (Å²) in [6, 6.07) is 1.38. The Kier molecular flexibility index (Phi) is 5.03. The molecular formula is C11H15N3O5S. The summed E-state index contributed by atoms with van der Waals surface area (Å²) >= 11 is 0.914. The van der Waals surface area contributed by atoms with E-state index in [-0.39, 0.29) is 11.4 Å². The Morgan fingerprint density at radius 1 is 1.45 bits per heavy atom. The molecule has 1 aromatic rings. The zero-order valence-electron chi connectivity index (χ0n) is 11.5. The molecule has 1 heterocycles. The van der Waals surface area contributed by atoms with Crippen molar-refractivity contribution in [1.82, 2.24) is 4.37 Å². The summed E-state index contributed by atoms with van der Waals surface area (Å²) in [6.45, 7) is 5.20. The molecule has 0 unspecified atom stereocenters. The van der Waals surface area contributed by atoms with Gasteiger partial charge in [-0.25, -0.2) is 9.59 Å². The van der Waals surface area contributed by atoms with E-state index in [0.717, 1.165) is 11.5 Å². The van der Waals surface area contributed by atoms with E-state index in [0.29, 0.717) is 5.00 Å². The van der Waals surface area contributed by atoms with Crippen molar-refractivity contribution in [1.29, 1.82) is 0 Å². The Morgan fingerprint density at radius 2 is 2.10 bits per heavy atom. The van der Waals surface area contributed by atoms with Crippen molar-refractivity contribution >= 4 is 34.3 Å². The summed E-state index contributed by atoms with van der Waals surface area (Å²) in [4.78, 5) is 26.9. The smallest absolute Gasteiger partial charge is 0.412 e. The molecule has 0 aliphatic rings. The van der Waals surface area contributed by atoms with E-state index in [1.807, 2.05) is 0 Å². The number of anilines is 1. The second-order valence-corrected chi connectivity index (χ2v) is 5.44. The molecule has 0 radical (unpaired) electrons. The maximum Gasteiger partial charge on any atom is 0.412 e. The number of aromatic nitrogens is 1. The average Bonchev–Trinajstić information content (AvgIpc) is 2.70. The second kappa shape index (κ2) is 6.33. The van der Waals surface area contributed by atoms with Gasteiger partial charge in [-0.1, -0.05) is 5.16 Å². The minimum Gasteiger partial charge on any atom is -0.476 e. The minimum atomic E-state index is -1.28. The number of aliphatic carboxylic acids is 1. The molecule has 0 aromatic carbocycles. The molecule has 0 aliphatic carbocycles. The Bertz CT molecular complexity index is 532. The fraction of sp³-hybridized carbons (Fsp3) is 0.455. The van der Waals surface area contributed by atoms with Gasteiger partial charge >= 0.3 is 12.1 Å². The Hall–Kier alpha value is -2.16. The highest BCUT2D eigenvalue weighted by atomic mass is 32.1. The van der Waals surface area contributed by atoms with E-state index in [1.54, 1.807) is 20.8 Å². The lowest BCUT2D eigenvalue weighted by atomic mass is 10.2. The Labute approximate surface area is 119 Å². The molecule has 0 atom stereocenters. The van der Waals surface area contributed by atoms with Crippen LogP contribution in [0.5, 0.6) is 0 Å². The van der Waals surface area contributed by atoms with Crippen LogP contribution in [0, 0.1) is 0 Å². The molecule has 0 aliphatic heterocycles. The third-order valence-electron chi connectivity index (χ3n) is 1.76. The van der Waals surface area contributed by atoms with Gasteiger partial charge in [0.1, 0.15) is 23.4 Å². The molecule has 110 valence electrons. The first-order chi connectivity index (χ1) is 9.23. The largest absolute Gasteiger partial charge is 0.476 e. The highest BCUT2D eigenvalue weighted by Crippen LogP contribution is 2.18. The van der Waals surface area contributed by atoms with E-state index >= 15 is 0 Å². The van der Waals surface area contributed by atoms with Crippen molar-refractivity contribution in [2.45, 2.75) is 26.4 Å². The summed E-state index contributed by atoms with van der Waals surface area (Å²) in [5.74, 6) is -1.28. The van der Waals surface area contributed by atoms with Crippen LogP contribution in [0.25, 0.3) is 0 Å². The van der Waals surface area contributed by atoms with E-state index in [4.69, 9.17) is 9.84 Å². The highest BCUT2D eigenvalue weighted by Gasteiger charge is 2.20. The number of carbonyl (C=O) groups is 2. The number of ether oxygens (including phenoxy) is 1. The molecule has 0 saturated carbocycles. The van der Waals surface area contributed by atoms with Crippen molar-refractivity contribution in [3.63, 3.8) is 0 Å². The molecular weight excluding hydrogens is 286 g/mol. The molecule has 2 N–H and O–H groups in total. The molecule has 8 nitrogen and oxygen atoms in total. The summed E-state index contributed by atoms with van der Waals surface area (Å²) in [6.07, 6.45) is -0.645. The van der Waals surface area contributed by atoms with E-state index in [9.17, 15) is 9.59 Å². The van der Waals surface area contributed by atoms with Gasteiger partial charge < -0.3 is 14.7 Å². The van der Waals surface area contributed by atoms with Crippen LogP contribution < -0.4 is 5.32 Å². The standard InChI is InChI=1S/C11H15N3O5S/c1-11(2,3)19-10(17)12-7-5-6(14-20-7)8(9(15)16)13-18-4/h5H,1-4H3,(H,12,17)(H,15,16)/b13-8-. The number of oxime groups is 1. The normalized spacial score (nSPS) is 11.9. The summed E-state index contributed by atoms with van der Waals surface area (Å²) in [7, 11) is 1.23. The number of carbonyl (C=O) groups excluding carboxylic acids is 1. The molecule has 1 rings (SSSR count). The van der Waals surface area contributed by atoms with Gasteiger partial charge in [-0.05, 0) is 32.3 Å². The number of carboxylic acids is 1. The minimum absolute atomic E-state index is 0.0930. The SMILES string of the molecule is CO/N=C(\C(=O)O)c1cc(NC(=O)OC(C)(C)C)sn1. The number of nitrogens with zero attached hydrogens (tertiary/aromatic N) is 2. The summed E-state index contributed by atoms with van der Waals surface area (Å²) in [5.41, 5.74) is -0.877. The zero-order valence-corrected chi connectivity index (χ0v) is 12.3. The first-order valence-corrected chi connectivity index (χ1v) is 6.32. The van der Waals surface area contributed by atoms with Gasteiger partial charge in [-0.3, -0.25) is 5.32 Å². The third-order valence-corrected chi connectivity index (χ3v) is 2.47. The molecule has 1 amide bonds. The van der Waals surface area contributed by atoms with Crippen molar-refractivity contribution in [2.75, 3.05) is 12.4 Å². The predicted octanol–water partition coefficient (Wildman–Crippen LogP) is 1.93. The Balaban J connectivity index is 2.80. The lowest BCUT2D eigenvalue weighted by molar-refractivity contribution is -0.129. The fourth-order valence-electron chi connectivity index (χ4n) is 1.14. The third kappa shape index (κ3) is 4.84. The lowest BCUT2D eigenvalue weighted by Gasteiger charge is -2.19. The van der Waals surface area contributed by atoms with Crippen molar-refractivity contribution < 1.29 is 24.3 Å². The summed E-state index contributed by atoms with van der Waals surface area (Å²) in [5, 5.41) is 15.1. The average molecular weight is 301 g/mol. The number of hydrogen-bond donors (Lipinski definition) is 2. The van der Waals surface area contributed by atoms with Gasteiger partial charge in [0.05, 0.1) is 0 Å². The zero-order chi connectivity index (χ0) is 15.3. The predicted molar refractivity (Wildman–Crippen MR) is 73.2 cm³/mol. The van der Waals surface area contributed by atoms with Crippen molar-refractivity contribution in [2.24, 2.45) is 5.16 Å². The number of rotatable bonds is 4. The van der Waals surface area contributed by atoms with Crippen molar-refractivity contribution in [3.8, 4) is 0 Å². The van der Waals surface area contributed by atoms with Crippen LogP contribution in [0.2, 0.25) is 0 Å². The number of carboxylic acid groups (broad SMARTS) is 1. The van der Waals surface area contributed by atoms with E-state index in [1.165, 1.54) is 13.2 Å². The van der Waals surface area contributed by atoms with Crippen LogP contribution in [0.4, 0.5) is 9.80 Å². The molecule has 1 aromatic heterocycles. The van der Waals surface area contributed by atoms with Gasteiger partial charge in [0.2, 0.25) is 5.71 Å². The molecule has 0 fully saturated rings.